The number of ether oxygens (including phenoxy) is 3. The second kappa shape index (κ2) is 17.0. The van der Waals surface area contributed by atoms with Crippen LogP contribution in [0.4, 0.5) is 0 Å². The molecule has 0 spiro atoms. The molecule has 0 radical (unpaired) electrons. The van der Waals surface area contributed by atoms with Gasteiger partial charge in [-0.05, 0) is 56.4 Å². The Bertz CT molecular complexity index is 2350. The number of methoxy groups -OCH3 is 1. The van der Waals surface area contributed by atoms with E-state index in [0.717, 1.165) is 48.6 Å². The van der Waals surface area contributed by atoms with Gasteiger partial charge in [0.25, 0.3) is 0 Å². The van der Waals surface area contributed by atoms with Crippen molar-refractivity contribution in [2.24, 2.45) is 28.6 Å². The monoisotopic (exact) mass is 851 g/mol. The van der Waals surface area contributed by atoms with Gasteiger partial charge in [0.2, 0.25) is 21.8 Å². The van der Waals surface area contributed by atoms with Gasteiger partial charge < -0.3 is 19.1 Å². The average Bonchev–Trinajstić information content (AvgIpc) is 4.18. The van der Waals surface area contributed by atoms with Crippen LogP contribution in [0.3, 0.4) is 0 Å². The van der Waals surface area contributed by atoms with Crippen LogP contribution in [-0.4, -0.2) is 79.5 Å². The van der Waals surface area contributed by atoms with Crippen molar-refractivity contribution in [1.82, 2.24) is 14.6 Å². The van der Waals surface area contributed by atoms with Crippen LogP contribution in [0.1, 0.15) is 96.5 Å². The number of cyclic esters (lactones) is 1. The summed E-state index contributed by atoms with van der Waals surface area (Å²) in [6.07, 6.45) is 11.0. The molecule has 4 fully saturated rings. The predicted octanol–water partition coefficient (Wildman–Crippen LogP) is 7.59. The number of sulfonamides is 1. The normalized spacial score (nSPS) is 27.6. The zero-order chi connectivity index (χ0) is 43.1. The van der Waals surface area contributed by atoms with Gasteiger partial charge in [-0.25, -0.2) is 13.4 Å². The standard InChI is InChI=1S/C48H57N3O9S/c1-5-33-26-48(33,46(55)50-61(56,57)35-18-19-35)27-41(52)40-22-34-28-51(40)45(54)36(30-13-8-6-9-14-30)23-44(53)59-29-47(2,3)20-12-17-32-21-37-39(25-42(32)58-4)49-38(24-43(37)60-34)31-15-10-7-11-16-31/h5,7,10-12,15-17,21,24-25,30,33-36,40H,1,6,8-9,13-14,18-20,22-23,26-29H2,2-4H3,(H,50,55)/b17-12+/t33-,34-,36+,40+,48-/m1/s1. The van der Waals surface area contributed by atoms with Crippen molar-refractivity contribution in [2.45, 2.75) is 108 Å². The summed E-state index contributed by atoms with van der Waals surface area (Å²) in [6, 6.07) is 14.5. The fourth-order valence-corrected chi connectivity index (χ4v) is 11.0. The number of nitrogens with zero attached hydrogens (tertiary/aromatic N) is 2. The molecule has 1 saturated heterocycles. The third-order valence-electron chi connectivity index (χ3n) is 13.5. The molecule has 3 heterocycles. The smallest absolute Gasteiger partial charge is 0.306 e. The summed E-state index contributed by atoms with van der Waals surface area (Å²) in [5.41, 5.74) is 1.27. The van der Waals surface area contributed by atoms with E-state index in [-0.39, 0.29) is 56.4 Å². The molecule has 1 aromatic heterocycles. The lowest BCUT2D eigenvalue weighted by molar-refractivity contribution is -0.154. The number of Topliss-reactive ketones (excluding diaryl/α,β-unsaturated/α-hetero) is 1. The van der Waals surface area contributed by atoms with E-state index < -0.39 is 62.0 Å². The highest BCUT2D eigenvalue weighted by Gasteiger charge is 2.61. The first-order valence-corrected chi connectivity index (χ1v) is 23.3. The Kier molecular flexibility index (Phi) is 11.9. The Labute approximate surface area is 358 Å². The van der Waals surface area contributed by atoms with E-state index in [0.29, 0.717) is 42.0 Å². The number of fused-ring (bicyclic) bond motifs is 3. The number of pyridine rings is 1. The summed E-state index contributed by atoms with van der Waals surface area (Å²) in [4.78, 5) is 64.0. The van der Waals surface area contributed by atoms with E-state index in [1.165, 1.54) is 0 Å². The predicted molar refractivity (Wildman–Crippen MR) is 232 cm³/mol. The molecule has 2 amide bonds. The molecule has 8 rings (SSSR count). The molecule has 12 nitrogen and oxygen atoms in total. The molecule has 2 aliphatic heterocycles. The molecule has 324 valence electrons. The number of ketones is 1. The molecule has 3 saturated carbocycles. The number of esters is 1. The molecular formula is C48H57N3O9S. The minimum Gasteiger partial charge on any atom is -0.496 e. The number of rotatable bonds is 10. The van der Waals surface area contributed by atoms with E-state index in [4.69, 9.17) is 19.2 Å². The zero-order valence-corrected chi connectivity index (χ0v) is 36.2. The highest BCUT2D eigenvalue weighted by Crippen LogP contribution is 2.57. The van der Waals surface area contributed by atoms with Gasteiger partial charge in [-0.15, -0.1) is 6.58 Å². The molecule has 5 atom stereocenters. The first-order chi connectivity index (χ1) is 29.2. The number of hydrogen-bond acceptors (Lipinski definition) is 10. The largest absolute Gasteiger partial charge is 0.496 e. The highest BCUT2D eigenvalue weighted by molar-refractivity contribution is 7.90. The fraction of sp³-hybridized carbons (Fsp3) is 0.521. The molecule has 3 aromatic rings. The topological polar surface area (TPSA) is 158 Å². The highest BCUT2D eigenvalue weighted by atomic mass is 32.2. The van der Waals surface area contributed by atoms with E-state index in [9.17, 15) is 22.8 Å². The lowest BCUT2D eigenvalue weighted by Crippen LogP contribution is -2.48. The minimum atomic E-state index is -3.87. The Morgan fingerprint density at radius 2 is 1.80 bits per heavy atom. The third kappa shape index (κ3) is 9.13. The number of carbonyl (C=O) groups excluding carboxylic acids is 4. The summed E-state index contributed by atoms with van der Waals surface area (Å²) in [5, 5.41) is 0.111. The van der Waals surface area contributed by atoms with Crippen molar-refractivity contribution in [3.63, 3.8) is 0 Å². The summed E-state index contributed by atoms with van der Waals surface area (Å²) in [7, 11) is -2.26. The van der Waals surface area contributed by atoms with Crippen LogP contribution in [0, 0.1) is 28.6 Å². The lowest BCUT2D eigenvalue weighted by atomic mass is 9.77. The zero-order valence-electron chi connectivity index (χ0n) is 35.4. The summed E-state index contributed by atoms with van der Waals surface area (Å²) < 4.78 is 46.8. The maximum absolute atomic E-state index is 15.1. The molecule has 3 aliphatic carbocycles. The van der Waals surface area contributed by atoms with Crippen molar-refractivity contribution in [2.75, 3.05) is 20.3 Å². The molecular weight excluding hydrogens is 795 g/mol. The number of benzene rings is 2. The maximum atomic E-state index is 15.1. The van der Waals surface area contributed by atoms with Gasteiger partial charge in [0.1, 0.15) is 17.6 Å². The summed E-state index contributed by atoms with van der Waals surface area (Å²) in [6.45, 7) is 8.14. The Morgan fingerprint density at radius 3 is 2.49 bits per heavy atom. The van der Waals surface area contributed by atoms with Crippen LogP contribution in [0.25, 0.3) is 28.2 Å². The van der Waals surface area contributed by atoms with Crippen LogP contribution in [-0.2, 0) is 33.9 Å². The second-order valence-electron chi connectivity index (χ2n) is 18.6. The molecule has 1 N–H and O–H groups in total. The van der Waals surface area contributed by atoms with Crippen molar-refractivity contribution < 1.29 is 41.8 Å². The van der Waals surface area contributed by atoms with E-state index in [1.54, 1.807) is 18.1 Å². The quantitative estimate of drug-likeness (QED) is 0.159. The van der Waals surface area contributed by atoms with Crippen LogP contribution in [0.5, 0.6) is 11.5 Å². The van der Waals surface area contributed by atoms with Gasteiger partial charge in [-0.2, -0.15) is 0 Å². The molecule has 4 bridgehead atoms. The summed E-state index contributed by atoms with van der Waals surface area (Å²) in [5.74, 6) is -1.89. The SMILES string of the molecule is C=C[C@@H]1C[C@]1(CC(=O)[C@@H]1C[C@@H]2CN1C(=O)[C@H](C1CCCCC1)CC(=O)OCC(C)(C)C/C=C/c1cc3c(cc(-c4ccccc4)nc3cc1OC)O2)C(=O)NS(=O)(=O)C1CC1. The number of aromatic nitrogens is 1. The number of hydrogen-bond donors (Lipinski definition) is 1. The van der Waals surface area contributed by atoms with Crippen LogP contribution < -0.4 is 14.2 Å². The van der Waals surface area contributed by atoms with Crippen molar-refractivity contribution >= 4 is 50.6 Å². The average molecular weight is 852 g/mol. The molecule has 61 heavy (non-hydrogen) atoms. The third-order valence-corrected chi connectivity index (χ3v) is 15.3. The minimum absolute atomic E-state index is 0.0636. The van der Waals surface area contributed by atoms with Gasteiger partial charge in [0, 0.05) is 46.9 Å². The van der Waals surface area contributed by atoms with Gasteiger partial charge in [0.05, 0.1) is 60.5 Å². The second-order valence-corrected chi connectivity index (χ2v) is 20.6. The van der Waals surface area contributed by atoms with Crippen LogP contribution in [0.2, 0.25) is 0 Å². The number of allylic oxidation sites excluding steroid dienone is 2. The van der Waals surface area contributed by atoms with E-state index in [2.05, 4.69) is 11.3 Å². The molecule has 0 unspecified atom stereocenters. The van der Waals surface area contributed by atoms with E-state index in [1.807, 2.05) is 74.5 Å². The number of carbonyl (C=O) groups is 4. The Hall–Kier alpha value is -5.04. The summed E-state index contributed by atoms with van der Waals surface area (Å²) >= 11 is 0. The van der Waals surface area contributed by atoms with Gasteiger partial charge >= 0.3 is 5.97 Å². The molecule has 2 aromatic carbocycles. The van der Waals surface area contributed by atoms with Crippen molar-refractivity contribution in [1.29, 1.82) is 0 Å². The number of nitrogens with one attached hydrogen (secondary N) is 1. The maximum Gasteiger partial charge on any atom is 0.306 e. The van der Waals surface area contributed by atoms with E-state index >= 15 is 4.79 Å². The Morgan fingerprint density at radius 1 is 1.05 bits per heavy atom. The first-order valence-electron chi connectivity index (χ1n) is 21.8. The van der Waals surface area contributed by atoms with Crippen molar-refractivity contribution in [3.05, 3.63) is 72.8 Å². The van der Waals surface area contributed by atoms with Gasteiger partial charge in [-0.1, -0.05) is 81.7 Å². The molecule has 13 heteroatoms. The van der Waals surface area contributed by atoms with Crippen molar-refractivity contribution in [3.8, 4) is 22.8 Å². The van der Waals surface area contributed by atoms with Gasteiger partial charge in [0.15, 0.2) is 5.78 Å². The number of amides is 2. The molecule has 5 aliphatic rings. The lowest BCUT2D eigenvalue weighted by Gasteiger charge is -2.34. The Balaban J connectivity index is 1.20. The van der Waals surface area contributed by atoms with Crippen LogP contribution in [0.15, 0.2) is 67.3 Å². The van der Waals surface area contributed by atoms with Crippen LogP contribution >= 0.6 is 0 Å². The first kappa shape index (κ1) is 42.6. The van der Waals surface area contributed by atoms with Gasteiger partial charge in [-0.3, -0.25) is 23.9 Å². The fourth-order valence-electron chi connectivity index (χ4n) is 9.60.